The largest absolute Gasteiger partial charge is 0.460 e. The van der Waals surface area contributed by atoms with Crippen LogP contribution >= 0.6 is 11.8 Å². The van der Waals surface area contributed by atoms with E-state index in [1.165, 1.54) is 6.92 Å². The van der Waals surface area contributed by atoms with Gasteiger partial charge < -0.3 is 4.74 Å². The van der Waals surface area contributed by atoms with Crippen LogP contribution in [0.15, 0.2) is 23.4 Å². The molecule has 0 aliphatic rings. The number of hydrogen-bond donors (Lipinski definition) is 0. The lowest BCUT2D eigenvalue weighted by Crippen LogP contribution is -2.35. The fourth-order valence-electron chi connectivity index (χ4n) is 1.09. The fourth-order valence-corrected chi connectivity index (χ4v) is 1.82. The summed E-state index contributed by atoms with van der Waals surface area (Å²) >= 11 is 0.692. The van der Waals surface area contributed by atoms with Gasteiger partial charge in [0.25, 0.3) is 0 Å². The summed E-state index contributed by atoms with van der Waals surface area (Å²) in [6.07, 6.45) is -2.42. The smallest absolute Gasteiger partial charge is 0.443 e. The van der Waals surface area contributed by atoms with Crippen LogP contribution in [0.25, 0.3) is 0 Å². The Hall–Kier alpha value is -1.65. The minimum absolute atomic E-state index is 0.00470. The molecule has 0 unspecified atom stereocenters. The summed E-state index contributed by atoms with van der Waals surface area (Å²) < 4.78 is 67.3. The van der Waals surface area contributed by atoms with Crippen LogP contribution in [0.5, 0.6) is 0 Å². The summed E-state index contributed by atoms with van der Waals surface area (Å²) in [5.41, 5.74) is 0. The van der Waals surface area contributed by atoms with Gasteiger partial charge in [-0.25, -0.2) is 14.2 Å². The number of thioether (sulfide) groups is 1. The summed E-state index contributed by atoms with van der Waals surface area (Å²) in [7, 11) is 0. The van der Waals surface area contributed by atoms with Gasteiger partial charge in [-0.1, -0.05) is 11.8 Å². The second kappa shape index (κ2) is 7.38. The van der Waals surface area contributed by atoms with Gasteiger partial charge in [0, 0.05) is 12.2 Å². The predicted octanol–water partition coefficient (Wildman–Crippen LogP) is 2.95. The number of carbonyl (C=O) groups is 1. The summed E-state index contributed by atoms with van der Waals surface area (Å²) in [5, 5.41) is 3.12. The van der Waals surface area contributed by atoms with Gasteiger partial charge in [-0.15, -0.1) is 5.10 Å². The zero-order chi connectivity index (χ0) is 16.0. The van der Waals surface area contributed by atoms with E-state index >= 15 is 0 Å². The minimum Gasteiger partial charge on any atom is -0.460 e. The van der Waals surface area contributed by atoms with Crippen molar-refractivity contribution in [2.24, 2.45) is 0 Å². The highest BCUT2D eigenvalue weighted by Crippen LogP contribution is 2.24. The maximum Gasteiger partial charge on any atom is 0.443 e. The highest BCUT2D eigenvalue weighted by atomic mass is 32.2. The van der Waals surface area contributed by atoms with Crippen molar-refractivity contribution in [3.63, 3.8) is 0 Å². The third kappa shape index (κ3) is 4.69. The molecule has 1 aromatic heterocycles. The highest BCUT2D eigenvalue weighted by Gasteiger charge is 2.44. The number of aromatic nitrogens is 3. The van der Waals surface area contributed by atoms with Gasteiger partial charge >= 0.3 is 18.1 Å². The summed E-state index contributed by atoms with van der Waals surface area (Å²) in [4.78, 5) is 14.5. The van der Waals surface area contributed by atoms with E-state index in [2.05, 4.69) is 14.8 Å². The van der Waals surface area contributed by atoms with Crippen LogP contribution in [0, 0.1) is 0 Å². The van der Waals surface area contributed by atoms with E-state index in [1.54, 1.807) is 0 Å². The zero-order valence-electron chi connectivity index (χ0n) is 10.7. The Kier molecular flexibility index (Phi) is 6.12. The first-order chi connectivity index (χ1) is 9.78. The van der Waals surface area contributed by atoms with Crippen molar-refractivity contribution in [2.75, 3.05) is 12.4 Å². The Morgan fingerprint density at radius 1 is 1.43 bits per heavy atom. The standard InChI is InChI=1S/C10H10F5N3O2S/c1-2-20-8(19)10(14,15)18-5-16-9(17-18)21-4-3-6(11)7(12)13/h5H,2-4H2,1H3. The number of alkyl halides is 2. The van der Waals surface area contributed by atoms with Crippen LogP contribution in [0.1, 0.15) is 13.3 Å². The Balaban J connectivity index is 2.65. The van der Waals surface area contributed by atoms with Crippen LogP contribution in [-0.2, 0) is 15.6 Å². The van der Waals surface area contributed by atoms with Crippen LogP contribution in [0.2, 0.25) is 0 Å². The molecule has 118 valence electrons. The van der Waals surface area contributed by atoms with E-state index in [4.69, 9.17) is 0 Å². The highest BCUT2D eigenvalue weighted by molar-refractivity contribution is 7.99. The van der Waals surface area contributed by atoms with E-state index < -0.39 is 30.3 Å². The third-order valence-electron chi connectivity index (χ3n) is 2.04. The van der Waals surface area contributed by atoms with Gasteiger partial charge in [-0.2, -0.15) is 22.2 Å². The van der Waals surface area contributed by atoms with Crippen molar-refractivity contribution in [3.05, 3.63) is 18.2 Å². The molecule has 0 bridgehead atoms. The Bertz CT molecular complexity index is 531. The van der Waals surface area contributed by atoms with Gasteiger partial charge in [0.2, 0.25) is 5.16 Å². The van der Waals surface area contributed by atoms with E-state index in [0.29, 0.717) is 18.1 Å². The minimum atomic E-state index is -4.03. The van der Waals surface area contributed by atoms with Gasteiger partial charge in [0.15, 0.2) is 5.83 Å². The Morgan fingerprint density at radius 3 is 2.67 bits per heavy atom. The zero-order valence-corrected chi connectivity index (χ0v) is 11.5. The first kappa shape index (κ1) is 17.4. The number of carbonyl (C=O) groups excluding carboxylic acids is 1. The molecule has 0 aromatic carbocycles. The molecule has 11 heteroatoms. The van der Waals surface area contributed by atoms with E-state index in [0.717, 1.165) is 0 Å². The van der Waals surface area contributed by atoms with Crippen LogP contribution in [0.4, 0.5) is 22.0 Å². The molecule has 0 radical (unpaired) electrons. The van der Waals surface area contributed by atoms with Crippen molar-refractivity contribution in [1.82, 2.24) is 14.8 Å². The lowest BCUT2D eigenvalue weighted by atomic mass is 10.4. The second-order valence-electron chi connectivity index (χ2n) is 3.50. The number of hydrogen-bond acceptors (Lipinski definition) is 5. The third-order valence-corrected chi connectivity index (χ3v) is 2.89. The molecule has 0 saturated carbocycles. The van der Waals surface area contributed by atoms with Crippen molar-refractivity contribution < 1.29 is 31.5 Å². The number of allylic oxidation sites excluding steroid dienone is 1. The molecule has 0 saturated heterocycles. The molecule has 0 N–H and O–H groups in total. The topological polar surface area (TPSA) is 57.0 Å². The number of esters is 1. The van der Waals surface area contributed by atoms with Crippen LogP contribution < -0.4 is 0 Å². The van der Waals surface area contributed by atoms with E-state index in [-0.39, 0.29) is 22.2 Å². The lowest BCUT2D eigenvalue weighted by Gasteiger charge is -2.13. The summed E-state index contributed by atoms with van der Waals surface area (Å²) in [5.74, 6) is -3.54. The molecule has 0 fully saturated rings. The van der Waals surface area contributed by atoms with Crippen molar-refractivity contribution in [3.8, 4) is 0 Å². The average molecular weight is 331 g/mol. The Labute approximate surface area is 120 Å². The number of ether oxygens (including phenoxy) is 1. The first-order valence-corrected chi connectivity index (χ1v) is 6.57. The van der Waals surface area contributed by atoms with Gasteiger partial charge in [-0.05, 0) is 6.92 Å². The average Bonchev–Trinajstić information content (AvgIpc) is 2.88. The SMILES string of the molecule is CCOC(=O)C(F)(F)n1cnc(SCCC(F)=C(F)F)n1. The molecule has 0 spiro atoms. The molecule has 1 aromatic rings. The molecular weight excluding hydrogens is 321 g/mol. The Morgan fingerprint density at radius 2 is 2.10 bits per heavy atom. The van der Waals surface area contributed by atoms with Gasteiger partial charge in [0.1, 0.15) is 6.33 Å². The molecule has 21 heavy (non-hydrogen) atoms. The maximum absolute atomic E-state index is 13.5. The summed E-state index contributed by atoms with van der Waals surface area (Å²) in [6.45, 7) is 1.13. The quantitative estimate of drug-likeness (QED) is 0.437. The molecule has 1 rings (SSSR count). The normalized spacial score (nSPS) is 11.3. The van der Waals surface area contributed by atoms with E-state index in [1.807, 2.05) is 0 Å². The van der Waals surface area contributed by atoms with Crippen molar-refractivity contribution >= 4 is 17.7 Å². The van der Waals surface area contributed by atoms with Crippen molar-refractivity contribution in [1.29, 1.82) is 0 Å². The predicted molar refractivity (Wildman–Crippen MR) is 62.5 cm³/mol. The van der Waals surface area contributed by atoms with Crippen LogP contribution in [0.3, 0.4) is 0 Å². The maximum atomic E-state index is 13.5. The fraction of sp³-hybridized carbons (Fsp3) is 0.500. The van der Waals surface area contributed by atoms with Crippen LogP contribution in [-0.4, -0.2) is 33.1 Å². The van der Waals surface area contributed by atoms with Crippen molar-refractivity contribution in [2.45, 2.75) is 24.5 Å². The first-order valence-electron chi connectivity index (χ1n) is 5.58. The monoisotopic (exact) mass is 331 g/mol. The second-order valence-corrected chi connectivity index (χ2v) is 4.56. The van der Waals surface area contributed by atoms with E-state index in [9.17, 15) is 26.7 Å². The molecular formula is C10H10F5N3O2S. The lowest BCUT2D eigenvalue weighted by molar-refractivity contribution is -0.190. The summed E-state index contributed by atoms with van der Waals surface area (Å²) in [6, 6.07) is -4.03. The number of halogens is 5. The molecule has 5 nitrogen and oxygen atoms in total. The molecule has 0 aliphatic carbocycles. The van der Waals surface area contributed by atoms with Gasteiger partial charge in [-0.3, -0.25) is 0 Å². The van der Waals surface area contributed by atoms with Gasteiger partial charge in [0.05, 0.1) is 6.61 Å². The molecule has 1 heterocycles. The molecule has 0 aliphatic heterocycles. The molecule has 0 amide bonds. The molecule has 0 atom stereocenters. The number of nitrogens with zero attached hydrogens (tertiary/aromatic N) is 3. The number of rotatable bonds is 7.